The van der Waals surface area contributed by atoms with E-state index < -0.39 is 30.4 Å². The van der Waals surface area contributed by atoms with Crippen molar-refractivity contribution in [1.29, 1.82) is 0 Å². The number of aromatic nitrogens is 4. The van der Waals surface area contributed by atoms with Gasteiger partial charge in [-0.05, 0) is 0 Å². The van der Waals surface area contributed by atoms with Crippen molar-refractivity contribution in [2.24, 2.45) is 0 Å². The lowest BCUT2D eigenvalue weighted by Crippen LogP contribution is -2.49. The number of carbonyl (C=O) groups is 1. The minimum atomic E-state index is -1.69. The summed E-state index contributed by atoms with van der Waals surface area (Å²) in [5, 5.41) is 10.7. The quantitative estimate of drug-likeness (QED) is 0.158. The molecule has 32 heavy (non-hydrogen) atoms. The Balaban J connectivity index is 1.92. The fraction of sp³-hybridized carbons (Fsp3) is 0.579. The third kappa shape index (κ3) is 6.55. The molecule has 12 nitrogen and oxygen atoms in total. The number of aliphatic hydroxyl groups excluding tert-OH is 1. The van der Waals surface area contributed by atoms with Crippen molar-refractivity contribution in [3.63, 3.8) is 0 Å². The number of hydrogen-bond acceptors (Lipinski definition) is 11. The number of terminal acetylenes is 1. The van der Waals surface area contributed by atoms with E-state index in [1.54, 1.807) is 7.11 Å². The van der Waals surface area contributed by atoms with Gasteiger partial charge in [0.15, 0.2) is 17.1 Å². The molecule has 2 atom stereocenters. The van der Waals surface area contributed by atoms with Gasteiger partial charge in [0.1, 0.15) is 24.8 Å². The highest BCUT2D eigenvalue weighted by Gasteiger charge is 2.38. The van der Waals surface area contributed by atoms with Crippen molar-refractivity contribution in [2.75, 3.05) is 59.6 Å². The number of fused-ring (bicyclic) bond motifs is 1. The second-order valence-corrected chi connectivity index (χ2v) is 6.52. The van der Waals surface area contributed by atoms with Crippen LogP contribution in [0.1, 0.15) is 0 Å². The number of hydrogen-bond donors (Lipinski definition) is 2. The molecule has 0 saturated carbocycles. The maximum Gasteiger partial charge on any atom is 0.332 e. The van der Waals surface area contributed by atoms with Crippen molar-refractivity contribution >= 4 is 23.0 Å². The number of halogens is 1. The Kier molecular flexibility index (Phi) is 9.69. The van der Waals surface area contributed by atoms with Gasteiger partial charge in [-0.1, -0.05) is 5.92 Å². The van der Waals surface area contributed by atoms with E-state index in [-0.39, 0.29) is 43.3 Å². The fourth-order valence-corrected chi connectivity index (χ4v) is 2.64. The first-order valence-corrected chi connectivity index (χ1v) is 9.51. The Labute approximate surface area is 183 Å². The highest BCUT2D eigenvalue weighted by atomic mass is 19.1. The molecule has 2 heterocycles. The van der Waals surface area contributed by atoms with Crippen LogP contribution in [0.5, 0.6) is 0 Å². The molecule has 3 N–H and O–H groups in total. The van der Waals surface area contributed by atoms with Gasteiger partial charge in [0.05, 0.1) is 39.3 Å². The minimum Gasteiger partial charge on any atom is -0.460 e. The zero-order valence-electron chi connectivity index (χ0n) is 17.8. The van der Waals surface area contributed by atoms with Crippen LogP contribution in [0.4, 0.5) is 10.2 Å². The van der Waals surface area contributed by atoms with E-state index in [4.69, 9.17) is 35.8 Å². The largest absolute Gasteiger partial charge is 0.460 e. The van der Waals surface area contributed by atoms with Crippen molar-refractivity contribution in [2.45, 2.75) is 18.2 Å². The lowest BCUT2D eigenvalue weighted by Gasteiger charge is -2.31. The number of nitrogens with zero attached hydrogens (tertiary/aromatic N) is 4. The van der Waals surface area contributed by atoms with Crippen LogP contribution in [0.2, 0.25) is 0 Å². The van der Waals surface area contributed by atoms with Gasteiger partial charge < -0.3 is 39.1 Å². The Morgan fingerprint density at radius 1 is 1.31 bits per heavy atom. The molecule has 0 radical (unpaired) electrons. The first kappa shape index (κ1) is 25.4. The number of rotatable bonds is 14. The molecule has 0 bridgehead atoms. The smallest absolute Gasteiger partial charge is 0.332 e. The highest BCUT2D eigenvalue weighted by Crippen LogP contribution is 2.21. The third-order valence-corrected chi connectivity index (χ3v) is 4.45. The van der Waals surface area contributed by atoms with Crippen LogP contribution >= 0.6 is 0 Å². The summed E-state index contributed by atoms with van der Waals surface area (Å²) in [7, 11) is 2.82. The first-order chi connectivity index (χ1) is 15.4. The minimum absolute atomic E-state index is 0.0641. The summed E-state index contributed by atoms with van der Waals surface area (Å²) in [6.07, 6.45) is 4.44. The maximum absolute atomic E-state index is 13.5. The van der Waals surface area contributed by atoms with Crippen molar-refractivity contribution < 1.29 is 38.0 Å². The molecule has 0 aliphatic carbocycles. The monoisotopic (exact) mass is 455 g/mol. The van der Waals surface area contributed by atoms with E-state index in [0.29, 0.717) is 13.2 Å². The van der Waals surface area contributed by atoms with E-state index in [1.807, 2.05) is 0 Å². The van der Waals surface area contributed by atoms with E-state index >= 15 is 0 Å². The van der Waals surface area contributed by atoms with Crippen LogP contribution in [0.3, 0.4) is 0 Å². The molecule has 2 rings (SSSR count). The Morgan fingerprint density at radius 2 is 2.03 bits per heavy atom. The number of ether oxygens (including phenoxy) is 5. The lowest BCUT2D eigenvalue weighted by atomic mass is 9.98. The van der Waals surface area contributed by atoms with Crippen LogP contribution in [0, 0.1) is 18.4 Å². The molecule has 1 unspecified atom stereocenters. The second-order valence-electron chi connectivity index (χ2n) is 6.52. The van der Waals surface area contributed by atoms with Crippen LogP contribution in [-0.4, -0.2) is 96.2 Å². The molecule has 176 valence electrons. The predicted octanol–water partition coefficient (Wildman–Crippen LogP) is -0.850. The second kappa shape index (κ2) is 12.2. The van der Waals surface area contributed by atoms with E-state index in [1.165, 1.54) is 18.0 Å². The third-order valence-electron chi connectivity index (χ3n) is 4.45. The van der Waals surface area contributed by atoms with Gasteiger partial charge in [0.25, 0.3) is 0 Å². The molecule has 0 saturated heterocycles. The normalized spacial score (nSPS) is 14.1. The molecule has 0 spiro atoms. The van der Waals surface area contributed by atoms with E-state index in [9.17, 15) is 14.3 Å². The number of aliphatic hydroxyl groups is 1. The summed E-state index contributed by atoms with van der Waals surface area (Å²) in [6, 6.07) is 0. The Hall–Kier alpha value is -2.89. The van der Waals surface area contributed by atoms with Gasteiger partial charge in [0, 0.05) is 14.2 Å². The summed E-state index contributed by atoms with van der Waals surface area (Å²) in [5.74, 6) is 1.46. The van der Waals surface area contributed by atoms with Gasteiger partial charge >= 0.3 is 12.0 Å². The van der Waals surface area contributed by atoms with Crippen LogP contribution in [0.15, 0.2) is 6.33 Å². The standard InChI is InChI=1S/C19H26FN5O7/c1-4-19(29-3,11-32-14(27)10-31-8-7-30-6-5-28-2)13(26)9-25-12-22-15-16(21)23-18(20)24-17(15)25/h1,12-13,26H,5-11H2,2-3H3,(H2,21,23,24)/t13-,19?/m0/s1. The van der Waals surface area contributed by atoms with Gasteiger partial charge in [0.2, 0.25) is 0 Å². The van der Waals surface area contributed by atoms with Gasteiger partial charge in [-0.25, -0.2) is 9.78 Å². The summed E-state index contributed by atoms with van der Waals surface area (Å²) in [4.78, 5) is 23.0. The van der Waals surface area contributed by atoms with Gasteiger partial charge in [-0.15, -0.1) is 6.42 Å². The first-order valence-electron chi connectivity index (χ1n) is 9.51. The summed E-state index contributed by atoms with van der Waals surface area (Å²) in [5.41, 5.74) is 4.17. The molecule has 0 aromatic carbocycles. The topological polar surface area (TPSA) is 153 Å². The van der Waals surface area contributed by atoms with Crippen LogP contribution in [-0.2, 0) is 35.0 Å². The molecule has 0 aliphatic rings. The summed E-state index contributed by atoms with van der Waals surface area (Å²) in [6.45, 7) is 0.354. The Bertz CT molecular complexity index is 935. The predicted molar refractivity (Wildman–Crippen MR) is 109 cm³/mol. The van der Waals surface area contributed by atoms with E-state index in [2.05, 4.69) is 20.9 Å². The molecule has 13 heteroatoms. The molecule has 2 aromatic heterocycles. The summed E-state index contributed by atoms with van der Waals surface area (Å²) < 4.78 is 40.5. The van der Waals surface area contributed by atoms with Gasteiger partial charge in [-0.3, -0.25) is 0 Å². The van der Waals surface area contributed by atoms with Crippen molar-refractivity contribution in [3.8, 4) is 12.3 Å². The van der Waals surface area contributed by atoms with Gasteiger partial charge in [-0.2, -0.15) is 14.4 Å². The molecule has 0 aliphatic heterocycles. The molecule has 0 amide bonds. The number of esters is 1. The zero-order chi connectivity index (χ0) is 23.6. The molecular formula is C19H26FN5O7. The Morgan fingerprint density at radius 3 is 2.72 bits per heavy atom. The number of nitrogens with two attached hydrogens (primary N) is 1. The molecular weight excluding hydrogens is 429 g/mol. The molecule has 2 aromatic rings. The number of nitrogen functional groups attached to an aromatic ring is 1. The average molecular weight is 455 g/mol. The van der Waals surface area contributed by atoms with Crippen molar-refractivity contribution in [1.82, 2.24) is 19.5 Å². The van der Waals surface area contributed by atoms with Crippen LogP contribution < -0.4 is 5.73 Å². The number of methoxy groups -OCH3 is 2. The number of anilines is 1. The SMILES string of the molecule is C#CC(COC(=O)COCCOCCOC)(OC)[C@@H](O)Cn1cnc2c(N)nc(F)nc21. The van der Waals surface area contributed by atoms with Crippen molar-refractivity contribution in [3.05, 3.63) is 12.4 Å². The zero-order valence-corrected chi connectivity index (χ0v) is 17.8. The number of imidazole rings is 1. The highest BCUT2D eigenvalue weighted by molar-refractivity contribution is 5.81. The average Bonchev–Trinajstić information content (AvgIpc) is 3.17. The lowest BCUT2D eigenvalue weighted by molar-refractivity contribution is -0.162. The fourth-order valence-electron chi connectivity index (χ4n) is 2.64. The van der Waals surface area contributed by atoms with E-state index in [0.717, 1.165) is 0 Å². The van der Waals surface area contributed by atoms with Crippen LogP contribution in [0.25, 0.3) is 11.2 Å². The molecule has 0 fully saturated rings. The number of carbonyl (C=O) groups excluding carboxylic acids is 1. The maximum atomic E-state index is 13.5. The summed E-state index contributed by atoms with van der Waals surface area (Å²) >= 11 is 0.